The van der Waals surface area contributed by atoms with E-state index in [2.05, 4.69) is 40.5 Å². The lowest BCUT2D eigenvalue weighted by atomic mass is 10.4. The number of nitrogens with zero attached hydrogens (tertiary/aromatic N) is 7. The van der Waals surface area contributed by atoms with Crippen molar-refractivity contribution >= 4 is 17.5 Å². The fourth-order valence-electron chi connectivity index (χ4n) is 1.39. The molecule has 0 unspecified atom stereocenters. The molecule has 0 saturated carbocycles. The molecule has 0 aliphatic rings. The molecular formula is C9H8ClN9. The summed E-state index contributed by atoms with van der Waals surface area (Å²) in [4.78, 5) is 15.9. The van der Waals surface area contributed by atoms with E-state index in [1.54, 1.807) is 6.20 Å². The van der Waals surface area contributed by atoms with Crippen LogP contribution in [-0.4, -0.2) is 39.9 Å². The lowest BCUT2D eigenvalue weighted by molar-refractivity contribution is 0.792. The minimum atomic E-state index is 0.0765. The Kier molecular flexibility index (Phi) is 3.02. The number of rotatable bonds is 4. The highest BCUT2D eigenvalue weighted by Gasteiger charge is 2.07. The summed E-state index contributed by atoms with van der Waals surface area (Å²) in [5.74, 6) is 0.643. The SMILES string of the molecule is Clc1nc(NCc2ccn[nH]2)nc(-n2cncn2)n1. The molecule has 0 saturated heterocycles. The first-order valence-electron chi connectivity index (χ1n) is 5.30. The summed E-state index contributed by atoms with van der Waals surface area (Å²) in [7, 11) is 0. The largest absolute Gasteiger partial charge is 0.348 e. The van der Waals surface area contributed by atoms with Crippen LogP contribution in [0.15, 0.2) is 24.9 Å². The van der Waals surface area contributed by atoms with Crippen molar-refractivity contribution < 1.29 is 0 Å². The molecule has 3 aromatic heterocycles. The van der Waals surface area contributed by atoms with Crippen molar-refractivity contribution in [1.29, 1.82) is 0 Å². The first-order valence-corrected chi connectivity index (χ1v) is 5.68. The Morgan fingerprint density at radius 3 is 3.00 bits per heavy atom. The van der Waals surface area contributed by atoms with Gasteiger partial charge in [0.15, 0.2) is 0 Å². The molecule has 0 amide bonds. The highest BCUT2D eigenvalue weighted by molar-refractivity contribution is 6.28. The van der Waals surface area contributed by atoms with E-state index in [0.29, 0.717) is 18.4 Å². The minimum Gasteiger partial charge on any atom is -0.348 e. The second-order valence-corrected chi connectivity index (χ2v) is 3.84. The van der Waals surface area contributed by atoms with Crippen molar-refractivity contribution in [3.63, 3.8) is 0 Å². The highest BCUT2D eigenvalue weighted by Crippen LogP contribution is 2.09. The summed E-state index contributed by atoms with van der Waals surface area (Å²) in [5.41, 5.74) is 0.902. The second kappa shape index (κ2) is 4.98. The van der Waals surface area contributed by atoms with E-state index in [-0.39, 0.29) is 5.28 Å². The van der Waals surface area contributed by atoms with E-state index in [0.717, 1.165) is 5.69 Å². The van der Waals surface area contributed by atoms with Gasteiger partial charge in [0.1, 0.15) is 12.7 Å². The van der Waals surface area contributed by atoms with Gasteiger partial charge in [-0.25, -0.2) is 4.98 Å². The Labute approximate surface area is 112 Å². The van der Waals surface area contributed by atoms with Gasteiger partial charge >= 0.3 is 0 Å². The Morgan fingerprint density at radius 1 is 1.32 bits per heavy atom. The number of aromatic nitrogens is 8. The van der Waals surface area contributed by atoms with Gasteiger partial charge in [0.25, 0.3) is 5.95 Å². The molecule has 0 radical (unpaired) electrons. The van der Waals surface area contributed by atoms with Gasteiger partial charge in [0.2, 0.25) is 11.2 Å². The summed E-state index contributed by atoms with van der Waals surface area (Å²) in [5, 5.41) is 13.7. The molecule has 2 N–H and O–H groups in total. The molecule has 3 heterocycles. The predicted octanol–water partition coefficient (Wildman–Crippen LogP) is 0.441. The highest BCUT2D eigenvalue weighted by atomic mass is 35.5. The summed E-state index contributed by atoms with van der Waals surface area (Å²) >= 11 is 5.84. The number of anilines is 1. The monoisotopic (exact) mass is 277 g/mol. The van der Waals surface area contributed by atoms with Crippen LogP contribution in [-0.2, 0) is 6.54 Å². The van der Waals surface area contributed by atoms with Gasteiger partial charge in [0.05, 0.1) is 12.2 Å². The average Bonchev–Trinajstić information content (AvgIpc) is 3.09. The topological polar surface area (TPSA) is 110 Å². The minimum absolute atomic E-state index is 0.0765. The summed E-state index contributed by atoms with van der Waals surface area (Å²) < 4.78 is 1.40. The van der Waals surface area contributed by atoms with Gasteiger partial charge in [-0.15, -0.1) is 0 Å². The number of H-pyrrole nitrogens is 1. The van der Waals surface area contributed by atoms with E-state index in [9.17, 15) is 0 Å². The zero-order valence-electron chi connectivity index (χ0n) is 9.52. The number of aromatic amines is 1. The van der Waals surface area contributed by atoms with Gasteiger partial charge in [0, 0.05) is 6.20 Å². The molecule has 10 heteroatoms. The lowest BCUT2D eigenvalue weighted by Gasteiger charge is -2.05. The molecule has 3 rings (SSSR count). The molecule has 0 aliphatic heterocycles. The molecule has 0 spiro atoms. The van der Waals surface area contributed by atoms with Gasteiger partial charge in [-0.3, -0.25) is 5.10 Å². The Morgan fingerprint density at radius 2 is 2.26 bits per heavy atom. The van der Waals surface area contributed by atoms with Crippen molar-refractivity contribution in [3.05, 3.63) is 35.9 Å². The summed E-state index contributed by atoms with van der Waals surface area (Å²) in [6.07, 6.45) is 4.53. The molecule has 0 bridgehead atoms. The van der Waals surface area contributed by atoms with Crippen molar-refractivity contribution in [2.24, 2.45) is 0 Å². The van der Waals surface area contributed by atoms with E-state index in [1.807, 2.05) is 6.07 Å². The van der Waals surface area contributed by atoms with Crippen LogP contribution in [0.5, 0.6) is 0 Å². The maximum Gasteiger partial charge on any atom is 0.258 e. The van der Waals surface area contributed by atoms with Crippen molar-refractivity contribution in [1.82, 2.24) is 39.9 Å². The smallest absolute Gasteiger partial charge is 0.258 e. The first-order chi connectivity index (χ1) is 9.31. The molecule has 9 nitrogen and oxygen atoms in total. The Balaban J connectivity index is 1.82. The standard InChI is InChI=1S/C9H8ClN9/c10-7-15-8(12-3-6-1-2-13-18-6)17-9(16-7)19-5-11-4-14-19/h1-2,4-5H,3H2,(H,13,18)(H,12,15,16,17). The van der Waals surface area contributed by atoms with Crippen LogP contribution >= 0.6 is 11.6 Å². The van der Waals surface area contributed by atoms with Crippen LogP contribution in [0, 0.1) is 0 Å². The third-order valence-corrected chi connectivity index (χ3v) is 2.38. The van der Waals surface area contributed by atoms with Crippen LogP contribution in [0.25, 0.3) is 5.95 Å². The molecule has 0 atom stereocenters. The molecule has 0 aliphatic carbocycles. The molecule has 3 aromatic rings. The number of halogens is 1. The quantitative estimate of drug-likeness (QED) is 0.712. The van der Waals surface area contributed by atoms with Crippen LogP contribution < -0.4 is 5.32 Å². The zero-order chi connectivity index (χ0) is 13.1. The summed E-state index contributed by atoms with van der Waals surface area (Å²) in [6.45, 7) is 0.497. The molecule has 19 heavy (non-hydrogen) atoms. The van der Waals surface area contributed by atoms with Gasteiger partial charge in [-0.2, -0.15) is 29.8 Å². The maximum atomic E-state index is 5.84. The van der Waals surface area contributed by atoms with E-state index in [1.165, 1.54) is 17.3 Å². The fourth-order valence-corrected chi connectivity index (χ4v) is 1.55. The van der Waals surface area contributed by atoms with Crippen molar-refractivity contribution in [3.8, 4) is 5.95 Å². The second-order valence-electron chi connectivity index (χ2n) is 3.50. The van der Waals surface area contributed by atoms with Gasteiger partial charge in [-0.1, -0.05) is 0 Å². The third kappa shape index (κ3) is 2.65. The summed E-state index contributed by atoms with van der Waals surface area (Å²) in [6, 6.07) is 1.84. The van der Waals surface area contributed by atoms with Crippen molar-refractivity contribution in [2.45, 2.75) is 6.54 Å². The normalized spacial score (nSPS) is 10.6. The fraction of sp³-hybridized carbons (Fsp3) is 0.111. The Bertz CT molecular complexity index is 648. The number of nitrogens with one attached hydrogen (secondary N) is 2. The van der Waals surface area contributed by atoms with E-state index in [4.69, 9.17) is 11.6 Å². The van der Waals surface area contributed by atoms with Crippen LogP contribution in [0.3, 0.4) is 0 Å². The molecule has 96 valence electrons. The predicted molar refractivity (Wildman–Crippen MR) is 65.7 cm³/mol. The number of hydrogen-bond acceptors (Lipinski definition) is 7. The van der Waals surface area contributed by atoms with E-state index >= 15 is 0 Å². The molecule has 0 aromatic carbocycles. The first kappa shape index (κ1) is 11.5. The Hall–Kier alpha value is -2.55. The van der Waals surface area contributed by atoms with Crippen molar-refractivity contribution in [2.75, 3.05) is 5.32 Å². The van der Waals surface area contributed by atoms with Crippen LogP contribution in [0.4, 0.5) is 5.95 Å². The zero-order valence-corrected chi connectivity index (χ0v) is 10.3. The van der Waals surface area contributed by atoms with E-state index < -0.39 is 0 Å². The third-order valence-electron chi connectivity index (χ3n) is 2.22. The number of hydrogen-bond donors (Lipinski definition) is 2. The van der Waals surface area contributed by atoms with Gasteiger partial charge in [-0.05, 0) is 17.7 Å². The van der Waals surface area contributed by atoms with Crippen LogP contribution in [0.1, 0.15) is 5.69 Å². The van der Waals surface area contributed by atoms with Crippen LogP contribution in [0.2, 0.25) is 5.28 Å². The average molecular weight is 278 g/mol. The maximum absolute atomic E-state index is 5.84. The lowest BCUT2D eigenvalue weighted by Crippen LogP contribution is -2.09. The molecular weight excluding hydrogens is 270 g/mol. The molecule has 0 fully saturated rings. The van der Waals surface area contributed by atoms with Gasteiger partial charge < -0.3 is 5.32 Å².